The van der Waals surface area contributed by atoms with Crippen molar-refractivity contribution in [3.63, 3.8) is 0 Å². The van der Waals surface area contributed by atoms with E-state index in [4.69, 9.17) is 16.3 Å². The third-order valence-electron chi connectivity index (χ3n) is 3.16. The minimum absolute atomic E-state index is 0.271. The summed E-state index contributed by atoms with van der Waals surface area (Å²) in [5.41, 5.74) is 2.72. The van der Waals surface area contributed by atoms with Crippen LogP contribution >= 0.6 is 11.6 Å². The Hall–Kier alpha value is -2.00. The van der Waals surface area contributed by atoms with Gasteiger partial charge in [0.05, 0.1) is 10.7 Å². The zero-order valence-electron chi connectivity index (χ0n) is 12.1. The van der Waals surface area contributed by atoms with Crippen molar-refractivity contribution >= 4 is 23.3 Å². The van der Waals surface area contributed by atoms with E-state index in [9.17, 15) is 4.79 Å². The number of esters is 1. The van der Waals surface area contributed by atoms with Crippen molar-refractivity contribution in [2.75, 3.05) is 5.32 Å². The van der Waals surface area contributed by atoms with Crippen molar-refractivity contribution in [2.45, 2.75) is 26.5 Å². The van der Waals surface area contributed by atoms with Crippen LogP contribution in [0.4, 0.5) is 5.69 Å². The molecule has 0 heterocycles. The highest BCUT2D eigenvalue weighted by Gasteiger charge is 2.16. The molecule has 0 saturated carbocycles. The van der Waals surface area contributed by atoms with Gasteiger partial charge in [0.15, 0.2) is 0 Å². The maximum absolute atomic E-state index is 12.0. The third kappa shape index (κ3) is 4.23. The van der Waals surface area contributed by atoms with Gasteiger partial charge < -0.3 is 10.1 Å². The fraction of sp³-hybridized carbons (Fsp3) is 0.235. The Bertz CT molecular complexity index is 593. The Morgan fingerprint density at radius 3 is 2.57 bits per heavy atom. The van der Waals surface area contributed by atoms with E-state index in [0.29, 0.717) is 5.02 Å². The Kier molecular flexibility index (Phi) is 5.23. The molecule has 0 aromatic heterocycles. The van der Waals surface area contributed by atoms with Gasteiger partial charge in [-0.2, -0.15) is 0 Å². The molecule has 21 heavy (non-hydrogen) atoms. The summed E-state index contributed by atoms with van der Waals surface area (Å²) in [6.07, 6.45) is 0. The number of para-hydroxylation sites is 1. The molecule has 2 rings (SSSR count). The molecular formula is C17H18ClNO2. The van der Waals surface area contributed by atoms with Gasteiger partial charge in [0, 0.05) is 0 Å². The molecule has 0 unspecified atom stereocenters. The van der Waals surface area contributed by atoms with Gasteiger partial charge in [-0.25, -0.2) is 4.79 Å². The molecule has 4 heteroatoms. The molecule has 0 saturated heterocycles. The van der Waals surface area contributed by atoms with Gasteiger partial charge in [-0.15, -0.1) is 0 Å². The largest absolute Gasteiger partial charge is 0.459 e. The molecule has 0 bridgehead atoms. The molecular weight excluding hydrogens is 286 g/mol. The molecule has 0 amide bonds. The molecule has 110 valence electrons. The third-order valence-corrected chi connectivity index (χ3v) is 3.48. The van der Waals surface area contributed by atoms with Crippen LogP contribution in [0.25, 0.3) is 0 Å². The summed E-state index contributed by atoms with van der Waals surface area (Å²) in [5, 5.41) is 3.70. The van der Waals surface area contributed by atoms with E-state index in [-0.39, 0.29) is 12.6 Å². The molecule has 0 aliphatic heterocycles. The first-order valence-electron chi connectivity index (χ1n) is 6.80. The number of rotatable bonds is 5. The lowest BCUT2D eigenvalue weighted by Gasteiger charge is -2.17. The predicted molar refractivity (Wildman–Crippen MR) is 85.5 cm³/mol. The van der Waals surface area contributed by atoms with Crippen molar-refractivity contribution in [3.05, 3.63) is 64.7 Å². The van der Waals surface area contributed by atoms with Crippen LogP contribution in [-0.4, -0.2) is 12.0 Å². The number of carbonyl (C=O) groups excluding carboxylic acids is 1. The first kappa shape index (κ1) is 15.4. The minimum atomic E-state index is -0.465. The zero-order valence-corrected chi connectivity index (χ0v) is 12.9. The van der Waals surface area contributed by atoms with Crippen LogP contribution in [0.5, 0.6) is 0 Å². The lowest BCUT2D eigenvalue weighted by molar-refractivity contribution is -0.145. The van der Waals surface area contributed by atoms with Gasteiger partial charge in [-0.3, -0.25) is 0 Å². The van der Waals surface area contributed by atoms with Gasteiger partial charge in [-0.05, 0) is 31.0 Å². The number of benzene rings is 2. The highest BCUT2D eigenvalue weighted by Crippen LogP contribution is 2.26. The molecule has 1 N–H and O–H groups in total. The number of anilines is 1. The fourth-order valence-corrected chi connectivity index (χ4v) is 2.22. The van der Waals surface area contributed by atoms with E-state index in [1.165, 1.54) is 0 Å². The zero-order chi connectivity index (χ0) is 15.2. The van der Waals surface area contributed by atoms with Gasteiger partial charge in [0.2, 0.25) is 0 Å². The maximum atomic E-state index is 12.0. The SMILES string of the molecule is Cc1cccc(Cl)c1N[C@@H](C)C(=O)OCc1ccccc1. The number of aryl methyl sites for hydroxylation is 1. The van der Waals surface area contributed by atoms with Crippen molar-refractivity contribution in [1.82, 2.24) is 0 Å². The summed E-state index contributed by atoms with van der Waals surface area (Å²) in [6.45, 7) is 3.97. The highest BCUT2D eigenvalue weighted by atomic mass is 35.5. The number of nitrogens with one attached hydrogen (secondary N) is 1. The van der Waals surface area contributed by atoms with Crippen molar-refractivity contribution in [1.29, 1.82) is 0 Å². The van der Waals surface area contributed by atoms with E-state index in [1.54, 1.807) is 13.0 Å². The van der Waals surface area contributed by atoms with E-state index >= 15 is 0 Å². The highest BCUT2D eigenvalue weighted by molar-refractivity contribution is 6.33. The predicted octanol–water partition coefficient (Wildman–Crippen LogP) is 4.19. The number of carbonyl (C=O) groups is 1. The standard InChI is InChI=1S/C17H18ClNO2/c1-12-7-6-10-15(18)16(12)19-13(2)17(20)21-11-14-8-4-3-5-9-14/h3-10,13,19H,11H2,1-2H3/t13-/m0/s1. The average Bonchev–Trinajstić information content (AvgIpc) is 2.49. The van der Waals surface area contributed by atoms with Gasteiger partial charge in [0.1, 0.15) is 12.6 Å². The van der Waals surface area contributed by atoms with Crippen LogP contribution in [0.1, 0.15) is 18.1 Å². The second kappa shape index (κ2) is 7.14. The molecule has 2 aromatic rings. The molecule has 0 aliphatic rings. The summed E-state index contributed by atoms with van der Waals surface area (Å²) in [7, 11) is 0. The quantitative estimate of drug-likeness (QED) is 0.842. The number of halogens is 1. The van der Waals surface area contributed by atoms with Crippen LogP contribution in [0.2, 0.25) is 5.02 Å². The van der Waals surface area contributed by atoms with Crippen LogP contribution in [-0.2, 0) is 16.1 Å². The van der Waals surface area contributed by atoms with Crippen molar-refractivity contribution < 1.29 is 9.53 Å². The normalized spacial score (nSPS) is 11.8. The molecule has 0 spiro atoms. The lowest BCUT2D eigenvalue weighted by Crippen LogP contribution is -2.28. The first-order valence-corrected chi connectivity index (χ1v) is 7.18. The summed E-state index contributed by atoms with van der Waals surface area (Å²) in [6, 6.07) is 14.7. The Morgan fingerprint density at radius 2 is 1.90 bits per heavy atom. The molecule has 0 aliphatic carbocycles. The van der Waals surface area contributed by atoms with E-state index in [1.807, 2.05) is 49.4 Å². The number of hydrogen-bond acceptors (Lipinski definition) is 3. The number of ether oxygens (including phenoxy) is 1. The van der Waals surface area contributed by atoms with Gasteiger partial charge in [-0.1, -0.05) is 54.1 Å². The Balaban J connectivity index is 1.94. The van der Waals surface area contributed by atoms with Crippen LogP contribution in [0.3, 0.4) is 0 Å². The molecule has 2 aromatic carbocycles. The lowest BCUT2D eigenvalue weighted by atomic mass is 10.2. The Morgan fingerprint density at radius 1 is 1.19 bits per heavy atom. The topological polar surface area (TPSA) is 38.3 Å². The fourth-order valence-electron chi connectivity index (χ4n) is 1.94. The summed E-state index contributed by atoms with van der Waals surface area (Å²) < 4.78 is 5.30. The summed E-state index contributed by atoms with van der Waals surface area (Å²) >= 11 is 6.14. The summed E-state index contributed by atoms with van der Waals surface area (Å²) in [5.74, 6) is -0.307. The molecule has 3 nitrogen and oxygen atoms in total. The average molecular weight is 304 g/mol. The second-order valence-corrected chi connectivity index (χ2v) is 5.30. The number of hydrogen-bond donors (Lipinski definition) is 1. The van der Waals surface area contributed by atoms with Crippen molar-refractivity contribution in [2.24, 2.45) is 0 Å². The van der Waals surface area contributed by atoms with Gasteiger partial charge >= 0.3 is 5.97 Å². The minimum Gasteiger partial charge on any atom is -0.459 e. The monoisotopic (exact) mass is 303 g/mol. The van der Waals surface area contributed by atoms with Crippen LogP contribution in [0.15, 0.2) is 48.5 Å². The van der Waals surface area contributed by atoms with Gasteiger partial charge in [0.25, 0.3) is 0 Å². The maximum Gasteiger partial charge on any atom is 0.328 e. The molecule has 0 fully saturated rings. The van der Waals surface area contributed by atoms with Crippen LogP contribution < -0.4 is 5.32 Å². The first-order chi connectivity index (χ1) is 10.1. The smallest absolute Gasteiger partial charge is 0.328 e. The van der Waals surface area contributed by atoms with Crippen LogP contribution in [0, 0.1) is 6.92 Å². The van der Waals surface area contributed by atoms with Crippen molar-refractivity contribution in [3.8, 4) is 0 Å². The van der Waals surface area contributed by atoms with E-state index in [2.05, 4.69) is 5.32 Å². The second-order valence-electron chi connectivity index (χ2n) is 4.89. The molecule has 0 radical (unpaired) electrons. The van der Waals surface area contributed by atoms with E-state index in [0.717, 1.165) is 16.8 Å². The van der Waals surface area contributed by atoms with E-state index < -0.39 is 6.04 Å². The molecule has 1 atom stereocenters. The Labute approximate surface area is 129 Å². The summed E-state index contributed by atoms with van der Waals surface area (Å²) in [4.78, 5) is 12.0.